The van der Waals surface area contributed by atoms with Crippen molar-refractivity contribution in [1.82, 2.24) is 10.2 Å². The van der Waals surface area contributed by atoms with E-state index in [0.29, 0.717) is 6.54 Å². The van der Waals surface area contributed by atoms with Crippen molar-refractivity contribution in [2.45, 2.75) is 31.8 Å². The normalized spacial score (nSPS) is 28.2. The first-order valence-electron chi connectivity index (χ1n) is 7.44. The van der Waals surface area contributed by atoms with Crippen molar-refractivity contribution >= 4 is 11.9 Å². The Hall–Kier alpha value is -1.88. The number of nitrogens with zero attached hydrogens (tertiary/aromatic N) is 1. The summed E-state index contributed by atoms with van der Waals surface area (Å²) < 4.78 is 0. The zero-order chi connectivity index (χ0) is 15.0. The lowest BCUT2D eigenvalue weighted by Gasteiger charge is -2.32. The molecule has 1 aromatic rings. The number of fused-ring (bicyclic) bond motifs is 1. The van der Waals surface area contributed by atoms with E-state index < -0.39 is 18.1 Å². The molecule has 0 aliphatic carbocycles. The third-order valence-corrected chi connectivity index (χ3v) is 4.59. The molecular formula is C16H20N2O3. The summed E-state index contributed by atoms with van der Waals surface area (Å²) in [6.45, 7) is 3.17. The number of carboxylic acid groups (broad SMARTS) is 1. The summed E-state index contributed by atoms with van der Waals surface area (Å²) in [7, 11) is 0. The molecule has 0 saturated carbocycles. The minimum absolute atomic E-state index is 0.00489. The lowest BCUT2D eigenvalue weighted by atomic mass is 9.93. The summed E-state index contributed by atoms with van der Waals surface area (Å²) in [5.41, 5.74) is 2.16. The highest BCUT2D eigenvalue weighted by Crippen LogP contribution is 2.30. The van der Waals surface area contributed by atoms with Gasteiger partial charge in [0.1, 0.15) is 12.1 Å². The molecule has 1 saturated heterocycles. The Morgan fingerprint density at radius 1 is 1.33 bits per heavy atom. The van der Waals surface area contributed by atoms with Gasteiger partial charge in [0, 0.05) is 13.1 Å². The SMILES string of the molecule is CC1CCN(C(=O)C2NCCc3ccccc32)C1C(=O)O. The van der Waals surface area contributed by atoms with Gasteiger partial charge in [0.2, 0.25) is 5.91 Å². The zero-order valence-electron chi connectivity index (χ0n) is 12.1. The highest BCUT2D eigenvalue weighted by Gasteiger charge is 2.42. The molecule has 2 aliphatic heterocycles. The average Bonchev–Trinajstić information content (AvgIpc) is 2.88. The van der Waals surface area contributed by atoms with Crippen molar-refractivity contribution in [2.24, 2.45) is 5.92 Å². The summed E-state index contributed by atoms with van der Waals surface area (Å²) >= 11 is 0. The summed E-state index contributed by atoms with van der Waals surface area (Å²) in [6, 6.07) is 6.78. The van der Waals surface area contributed by atoms with E-state index in [1.165, 1.54) is 10.5 Å². The molecule has 1 aromatic carbocycles. The van der Waals surface area contributed by atoms with Crippen LogP contribution in [0.4, 0.5) is 0 Å². The molecule has 112 valence electrons. The molecule has 0 radical (unpaired) electrons. The largest absolute Gasteiger partial charge is 0.480 e. The molecule has 2 aliphatic rings. The van der Waals surface area contributed by atoms with Crippen LogP contribution in [0.15, 0.2) is 24.3 Å². The predicted molar refractivity (Wildman–Crippen MR) is 77.8 cm³/mol. The fourth-order valence-electron chi connectivity index (χ4n) is 3.46. The Morgan fingerprint density at radius 2 is 2.10 bits per heavy atom. The van der Waals surface area contributed by atoms with Crippen molar-refractivity contribution in [2.75, 3.05) is 13.1 Å². The average molecular weight is 288 g/mol. The molecule has 2 heterocycles. The lowest BCUT2D eigenvalue weighted by Crippen LogP contribution is -2.49. The van der Waals surface area contributed by atoms with Crippen molar-refractivity contribution in [3.05, 3.63) is 35.4 Å². The summed E-state index contributed by atoms with van der Waals surface area (Å²) in [6.07, 6.45) is 1.65. The van der Waals surface area contributed by atoms with Gasteiger partial charge in [-0.2, -0.15) is 0 Å². The minimum atomic E-state index is -0.905. The third-order valence-electron chi connectivity index (χ3n) is 4.59. The van der Waals surface area contributed by atoms with E-state index in [-0.39, 0.29) is 11.8 Å². The number of aliphatic carboxylic acids is 1. The standard InChI is InChI=1S/C16H20N2O3/c1-10-7-9-18(14(10)16(20)21)15(19)13-12-5-3-2-4-11(12)6-8-17-13/h2-5,10,13-14,17H,6-9H2,1H3,(H,20,21). The molecule has 0 aromatic heterocycles. The Labute approximate surface area is 123 Å². The van der Waals surface area contributed by atoms with Crippen LogP contribution in [0, 0.1) is 5.92 Å². The molecule has 5 heteroatoms. The first kappa shape index (κ1) is 14.1. The molecular weight excluding hydrogens is 268 g/mol. The fraction of sp³-hybridized carbons (Fsp3) is 0.500. The topological polar surface area (TPSA) is 69.6 Å². The number of carboxylic acids is 1. The van der Waals surface area contributed by atoms with E-state index in [4.69, 9.17) is 0 Å². The zero-order valence-corrected chi connectivity index (χ0v) is 12.1. The fourth-order valence-corrected chi connectivity index (χ4v) is 3.46. The number of rotatable bonds is 2. The van der Waals surface area contributed by atoms with Crippen LogP contribution in [0.5, 0.6) is 0 Å². The van der Waals surface area contributed by atoms with Gasteiger partial charge in [0.25, 0.3) is 0 Å². The summed E-state index contributed by atoms with van der Waals surface area (Å²) in [4.78, 5) is 25.8. The van der Waals surface area contributed by atoms with Crippen LogP contribution in [-0.2, 0) is 16.0 Å². The lowest BCUT2D eigenvalue weighted by molar-refractivity contribution is -0.150. The van der Waals surface area contributed by atoms with Crippen LogP contribution in [0.1, 0.15) is 30.5 Å². The monoisotopic (exact) mass is 288 g/mol. The van der Waals surface area contributed by atoms with Crippen LogP contribution < -0.4 is 5.32 Å². The van der Waals surface area contributed by atoms with Gasteiger partial charge in [-0.3, -0.25) is 4.79 Å². The van der Waals surface area contributed by atoms with Crippen LogP contribution >= 0.6 is 0 Å². The second-order valence-corrected chi connectivity index (χ2v) is 5.92. The molecule has 3 rings (SSSR count). The maximum Gasteiger partial charge on any atom is 0.326 e. The van der Waals surface area contributed by atoms with E-state index in [0.717, 1.165) is 24.9 Å². The van der Waals surface area contributed by atoms with Crippen molar-refractivity contribution < 1.29 is 14.7 Å². The minimum Gasteiger partial charge on any atom is -0.480 e. The number of carbonyl (C=O) groups is 2. The predicted octanol–water partition coefficient (Wildman–Crippen LogP) is 1.19. The first-order chi connectivity index (χ1) is 10.1. The van der Waals surface area contributed by atoms with Crippen molar-refractivity contribution in [1.29, 1.82) is 0 Å². The van der Waals surface area contributed by atoms with Crippen LogP contribution in [0.25, 0.3) is 0 Å². The van der Waals surface area contributed by atoms with Crippen molar-refractivity contribution in [3.63, 3.8) is 0 Å². The van der Waals surface area contributed by atoms with E-state index in [1.54, 1.807) is 0 Å². The molecule has 3 unspecified atom stereocenters. The highest BCUT2D eigenvalue weighted by atomic mass is 16.4. The second kappa shape index (κ2) is 5.48. The molecule has 3 atom stereocenters. The number of amides is 1. The number of benzene rings is 1. The van der Waals surface area contributed by atoms with Gasteiger partial charge in [-0.1, -0.05) is 31.2 Å². The van der Waals surface area contributed by atoms with Crippen LogP contribution in [0.2, 0.25) is 0 Å². The molecule has 1 amide bonds. The Bertz CT molecular complexity index is 572. The van der Waals surface area contributed by atoms with Gasteiger partial charge in [-0.25, -0.2) is 4.79 Å². The summed E-state index contributed by atoms with van der Waals surface area (Å²) in [5, 5.41) is 12.6. The number of nitrogens with one attached hydrogen (secondary N) is 1. The van der Waals surface area contributed by atoms with Gasteiger partial charge < -0.3 is 15.3 Å². The third kappa shape index (κ3) is 2.42. The Morgan fingerprint density at radius 3 is 2.86 bits per heavy atom. The van der Waals surface area contributed by atoms with Gasteiger partial charge in [-0.05, 0) is 29.9 Å². The van der Waals surface area contributed by atoms with Gasteiger partial charge in [-0.15, -0.1) is 0 Å². The van der Waals surface area contributed by atoms with Gasteiger partial charge >= 0.3 is 5.97 Å². The molecule has 1 fully saturated rings. The number of likely N-dealkylation sites (tertiary alicyclic amines) is 1. The molecule has 2 N–H and O–H groups in total. The van der Waals surface area contributed by atoms with E-state index in [9.17, 15) is 14.7 Å². The number of hydrogen-bond donors (Lipinski definition) is 2. The maximum absolute atomic E-state index is 12.8. The van der Waals surface area contributed by atoms with Gasteiger partial charge in [0.15, 0.2) is 0 Å². The van der Waals surface area contributed by atoms with Gasteiger partial charge in [0.05, 0.1) is 0 Å². The van der Waals surface area contributed by atoms with Crippen LogP contribution in [-0.4, -0.2) is 41.0 Å². The van der Waals surface area contributed by atoms with Crippen LogP contribution in [0.3, 0.4) is 0 Å². The second-order valence-electron chi connectivity index (χ2n) is 5.92. The highest BCUT2D eigenvalue weighted by molar-refractivity contribution is 5.89. The Kier molecular flexibility index (Phi) is 3.68. The molecule has 0 spiro atoms. The van der Waals surface area contributed by atoms with E-state index >= 15 is 0 Å². The maximum atomic E-state index is 12.8. The molecule has 21 heavy (non-hydrogen) atoms. The molecule has 5 nitrogen and oxygen atoms in total. The van der Waals surface area contributed by atoms with Crippen molar-refractivity contribution in [3.8, 4) is 0 Å². The Balaban J connectivity index is 1.88. The molecule has 0 bridgehead atoms. The smallest absolute Gasteiger partial charge is 0.326 e. The first-order valence-corrected chi connectivity index (χ1v) is 7.44. The quantitative estimate of drug-likeness (QED) is 0.858. The number of hydrogen-bond acceptors (Lipinski definition) is 3. The van der Waals surface area contributed by atoms with E-state index in [2.05, 4.69) is 5.32 Å². The number of carbonyl (C=O) groups excluding carboxylic acids is 1. The summed E-state index contributed by atoms with van der Waals surface area (Å²) in [5.74, 6) is -1.01. The van der Waals surface area contributed by atoms with E-state index in [1.807, 2.05) is 31.2 Å².